The summed E-state index contributed by atoms with van der Waals surface area (Å²) >= 11 is 0. The minimum atomic E-state index is -1.33. The highest BCUT2D eigenvalue weighted by molar-refractivity contribution is 5.86. The van der Waals surface area contributed by atoms with Crippen molar-refractivity contribution < 1.29 is 9.90 Å². The molecule has 1 rings (SSSR count). The molecule has 0 radical (unpaired) electrons. The van der Waals surface area contributed by atoms with Gasteiger partial charge in [0, 0.05) is 12.2 Å². The molecule has 0 aliphatic rings. The summed E-state index contributed by atoms with van der Waals surface area (Å²) in [6.45, 7) is 3.90. The molecule has 1 heterocycles. The van der Waals surface area contributed by atoms with Crippen LogP contribution in [0.25, 0.3) is 0 Å². The van der Waals surface area contributed by atoms with Crippen molar-refractivity contribution in [1.82, 2.24) is 9.55 Å². The van der Waals surface area contributed by atoms with E-state index in [0.717, 1.165) is 19.0 Å². The Hall–Kier alpha value is -1.85. The number of H-pyrrole nitrogens is 1. The van der Waals surface area contributed by atoms with Crippen LogP contribution < -0.4 is 11.2 Å². The maximum absolute atomic E-state index is 11.6. The van der Waals surface area contributed by atoms with E-state index in [9.17, 15) is 14.4 Å². The lowest BCUT2D eigenvalue weighted by atomic mass is 10.1. The zero-order chi connectivity index (χ0) is 13.0. The Labute approximate surface area is 97.9 Å². The van der Waals surface area contributed by atoms with Gasteiger partial charge in [-0.1, -0.05) is 20.3 Å². The van der Waals surface area contributed by atoms with Crippen LogP contribution in [0.2, 0.25) is 0 Å². The van der Waals surface area contributed by atoms with Crippen molar-refractivity contribution in [1.29, 1.82) is 0 Å². The maximum atomic E-state index is 11.6. The SMILES string of the molecule is CCCC(CC)n1cc(C(=O)O)c(=O)[nH]c1=O. The molecule has 94 valence electrons. The number of nitrogens with zero attached hydrogens (tertiary/aromatic N) is 1. The first-order valence-corrected chi connectivity index (χ1v) is 5.60. The lowest BCUT2D eigenvalue weighted by molar-refractivity contribution is 0.0693. The van der Waals surface area contributed by atoms with Crippen LogP contribution in [0.15, 0.2) is 15.8 Å². The second kappa shape index (κ2) is 5.47. The van der Waals surface area contributed by atoms with Crippen LogP contribution in [0, 0.1) is 0 Å². The molecular weight excluding hydrogens is 224 g/mol. The molecule has 1 atom stereocenters. The molecule has 2 N–H and O–H groups in total. The molecule has 0 spiro atoms. The molecule has 1 aromatic rings. The van der Waals surface area contributed by atoms with E-state index in [4.69, 9.17) is 5.11 Å². The van der Waals surface area contributed by atoms with Crippen LogP contribution in [0.1, 0.15) is 49.5 Å². The van der Waals surface area contributed by atoms with Crippen molar-refractivity contribution in [3.63, 3.8) is 0 Å². The summed E-state index contributed by atoms with van der Waals surface area (Å²) in [4.78, 5) is 35.7. The fraction of sp³-hybridized carbons (Fsp3) is 0.545. The summed E-state index contributed by atoms with van der Waals surface area (Å²) in [5.74, 6) is -1.33. The summed E-state index contributed by atoms with van der Waals surface area (Å²) in [6.07, 6.45) is 3.49. The molecule has 6 nitrogen and oxygen atoms in total. The highest BCUT2D eigenvalue weighted by Gasteiger charge is 2.15. The second-order valence-electron chi connectivity index (χ2n) is 3.87. The highest BCUT2D eigenvalue weighted by Crippen LogP contribution is 2.15. The number of rotatable bonds is 5. The van der Waals surface area contributed by atoms with Gasteiger partial charge in [0.2, 0.25) is 0 Å². The smallest absolute Gasteiger partial charge is 0.342 e. The molecule has 0 saturated heterocycles. The summed E-state index contributed by atoms with van der Waals surface area (Å²) in [6, 6.07) is -0.0811. The number of nitrogens with one attached hydrogen (secondary N) is 1. The molecular formula is C11H16N2O4. The van der Waals surface area contributed by atoms with Gasteiger partial charge in [0.1, 0.15) is 5.56 Å². The Balaban J connectivity index is 3.33. The first kappa shape index (κ1) is 13.2. The van der Waals surface area contributed by atoms with Gasteiger partial charge in [-0.25, -0.2) is 9.59 Å². The average molecular weight is 240 g/mol. The molecule has 0 amide bonds. The van der Waals surface area contributed by atoms with E-state index in [-0.39, 0.29) is 6.04 Å². The second-order valence-corrected chi connectivity index (χ2v) is 3.87. The van der Waals surface area contributed by atoms with Gasteiger partial charge >= 0.3 is 11.7 Å². The zero-order valence-corrected chi connectivity index (χ0v) is 9.90. The number of hydrogen-bond donors (Lipinski definition) is 2. The summed E-state index contributed by atoms with van der Waals surface area (Å²) in [7, 11) is 0. The predicted octanol–water partition coefficient (Wildman–Crippen LogP) is 0.986. The monoisotopic (exact) mass is 240 g/mol. The van der Waals surface area contributed by atoms with Crippen LogP contribution in [0.4, 0.5) is 0 Å². The van der Waals surface area contributed by atoms with Crippen LogP contribution in [-0.2, 0) is 0 Å². The van der Waals surface area contributed by atoms with Gasteiger partial charge in [0.25, 0.3) is 5.56 Å². The fourth-order valence-corrected chi connectivity index (χ4v) is 1.78. The van der Waals surface area contributed by atoms with Gasteiger partial charge in [-0.2, -0.15) is 0 Å². The quantitative estimate of drug-likeness (QED) is 0.802. The third-order valence-corrected chi connectivity index (χ3v) is 2.68. The normalized spacial score (nSPS) is 12.4. The molecule has 0 aliphatic carbocycles. The van der Waals surface area contributed by atoms with Crippen LogP contribution in [0.5, 0.6) is 0 Å². The average Bonchev–Trinajstić information content (AvgIpc) is 2.26. The number of carboxylic acids is 1. The molecule has 1 aromatic heterocycles. The first-order chi connectivity index (χ1) is 8.01. The Morgan fingerprint density at radius 2 is 2.12 bits per heavy atom. The van der Waals surface area contributed by atoms with Gasteiger partial charge in [-0.3, -0.25) is 14.3 Å². The largest absolute Gasteiger partial charge is 0.477 e. The number of aromatic nitrogens is 2. The summed E-state index contributed by atoms with van der Waals surface area (Å²) < 4.78 is 1.30. The Kier molecular flexibility index (Phi) is 4.25. The number of aromatic carboxylic acids is 1. The summed E-state index contributed by atoms with van der Waals surface area (Å²) in [5.41, 5.74) is -1.82. The van der Waals surface area contributed by atoms with Crippen molar-refractivity contribution in [2.24, 2.45) is 0 Å². The van der Waals surface area contributed by atoms with Gasteiger partial charge in [-0.05, 0) is 12.8 Å². The Morgan fingerprint density at radius 1 is 1.47 bits per heavy atom. The van der Waals surface area contributed by atoms with E-state index in [1.165, 1.54) is 4.57 Å². The van der Waals surface area contributed by atoms with Crippen LogP contribution >= 0.6 is 0 Å². The molecule has 17 heavy (non-hydrogen) atoms. The van der Waals surface area contributed by atoms with Gasteiger partial charge in [-0.15, -0.1) is 0 Å². The fourth-order valence-electron chi connectivity index (χ4n) is 1.78. The van der Waals surface area contributed by atoms with E-state index >= 15 is 0 Å². The zero-order valence-electron chi connectivity index (χ0n) is 9.90. The Bertz CT molecular complexity index is 515. The predicted molar refractivity (Wildman–Crippen MR) is 62.5 cm³/mol. The maximum Gasteiger partial charge on any atom is 0.342 e. The summed E-state index contributed by atoms with van der Waals surface area (Å²) in [5, 5.41) is 8.83. The van der Waals surface area contributed by atoms with Gasteiger partial charge in [0.05, 0.1) is 0 Å². The molecule has 0 aromatic carbocycles. The molecule has 6 heteroatoms. The van der Waals surface area contributed by atoms with E-state index < -0.39 is 22.8 Å². The van der Waals surface area contributed by atoms with E-state index in [2.05, 4.69) is 0 Å². The van der Waals surface area contributed by atoms with Crippen LogP contribution in [-0.4, -0.2) is 20.6 Å². The van der Waals surface area contributed by atoms with E-state index in [0.29, 0.717) is 6.42 Å². The number of carbonyl (C=O) groups is 1. The standard InChI is InChI=1S/C11H16N2O4/c1-3-5-7(4-2)13-6-8(10(15)16)9(14)12-11(13)17/h6-7H,3-5H2,1-2H3,(H,15,16)(H,12,14,17). The first-order valence-electron chi connectivity index (χ1n) is 5.60. The third-order valence-electron chi connectivity index (χ3n) is 2.68. The molecule has 1 unspecified atom stereocenters. The van der Waals surface area contributed by atoms with Crippen molar-refractivity contribution in [2.45, 2.75) is 39.2 Å². The topological polar surface area (TPSA) is 92.2 Å². The lowest BCUT2D eigenvalue weighted by Gasteiger charge is -2.16. The number of aromatic amines is 1. The van der Waals surface area contributed by atoms with Gasteiger partial charge in [0.15, 0.2) is 0 Å². The number of hydrogen-bond acceptors (Lipinski definition) is 3. The lowest BCUT2D eigenvalue weighted by Crippen LogP contribution is -2.35. The van der Waals surface area contributed by atoms with Crippen molar-refractivity contribution >= 4 is 5.97 Å². The Morgan fingerprint density at radius 3 is 2.59 bits per heavy atom. The van der Waals surface area contributed by atoms with E-state index in [1.807, 2.05) is 18.8 Å². The minimum absolute atomic E-state index is 0.0811. The van der Waals surface area contributed by atoms with Crippen LogP contribution in [0.3, 0.4) is 0 Å². The minimum Gasteiger partial charge on any atom is -0.477 e. The molecule has 0 aliphatic heterocycles. The van der Waals surface area contributed by atoms with E-state index in [1.54, 1.807) is 0 Å². The third kappa shape index (κ3) is 2.83. The van der Waals surface area contributed by atoms with Crippen molar-refractivity contribution in [2.75, 3.05) is 0 Å². The number of carboxylic acid groups (broad SMARTS) is 1. The highest BCUT2D eigenvalue weighted by atomic mass is 16.4. The molecule has 0 fully saturated rings. The molecule has 0 bridgehead atoms. The van der Waals surface area contributed by atoms with Crippen molar-refractivity contribution in [3.05, 3.63) is 32.6 Å². The molecule has 0 saturated carbocycles. The van der Waals surface area contributed by atoms with Gasteiger partial charge < -0.3 is 5.11 Å². The van der Waals surface area contributed by atoms with Crippen molar-refractivity contribution in [3.8, 4) is 0 Å².